The Morgan fingerprint density at radius 3 is 2.28 bits per heavy atom. The van der Waals surface area contributed by atoms with Gasteiger partial charge in [0.1, 0.15) is 6.10 Å². The first-order valence-corrected chi connectivity index (χ1v) is 9.46. The summed E-state index contributed by atoms with van der Waals surface area (Å²) in [6, 6.07) is 0.133. The van der Waals surface area contributed by atoms with Crippen LogP contribution in [0.2, 0.25) is 0 Å². The fourth-order valence-electron chi connectivity index (χ4n) is 3.99. The molecule has 140 valence electrons. The van der Waals surface area contributed by atoms with Gasteiger partial charge >= 0.3 is 0 Å². The van der Waals surface area contributed by atoms with Crippen LogP contribution in [0.4, 0.5) is 0 Å². The molecule has 3 rings (SSSR count). The normalized spacial score (nSPS) is 28.0. The Labute approximate surface area is 149 Å². The molecule has 0 aromatic rings. The van der Waals surface area contributed by atoms with Crippen molar-refractivity contribution < 1.29 is 19.1 Å². The first kappa shape index (κ1) is 18.2. The predicted molar refractivity (Wildman–Crippen MR) is 91.7 cm³/mol. The maximum atomic E-state index is 12.8. The van der Waals surface area contributed by atoms with Gasteiger partial charge in [-0.05, 0) is 33.1 Å². The minimum absolute atomic E-state index is 0.0583. The second-order valence-electron chi connectivity index (χ2n) is 7.55. The molecule has 3 heterocycles. The maximum Gasteiger partial charge on any atom is 0.251 e. The van der Waals surface area contributed by atoms with Crippen LogP contribution in [0.25, 0.3) is 0 Å². The van der Waals surface area contributed by atoms with Gasteiger partial charge in [-0.15, -0.1) is 0 Å². The number of hydrogen-bond acceptors (Lipinski definition) is 4. The van der Waals surface area contributed by atoms with E-state index in [0.717, 1.165) is 19.3 Å². The number of amides is 3. The summed E-state index contributed by atoms with van der Waals surface area (Å²) < 4.78 is 5.50. The van der Waals surface area contributed by atoms with Crippen LogP contribution >= 0.6 is 0 Å². The summed E-state index contributed by atoms with van der Waals surface area (Å²) in [7, 11) is 0. The lowest BCUT2D eigenvalue weighted by molar-refractivity contribution is -0.141. The van der Waals surface area contributed by atoms with Crippen molar-refractivity contribution >= 4 is 17.7 Å². The van der Waals surface area contributed by atoms with Crippen LogP contribution in [-0.2, 0) is 19.1 Å². The summed E-state index contributed by atoms with van der Waals surface area (Å²) in [5.74, 6) is -0.0505. The molecule has 25 heavy (non-hydrogen) atoms. The smallest absolute Gasteiger partial charge is 0.251 e. The summed E-state index contributed by atoms with van der Waals surface area (Å²) in [5, 5.41) is 0. The molecule has 3 aliphatic heterocycles. The zero-order valence-electron chi connectivity index (χ0n) is 15.3. The molecule has 7 nitrogen and oxygen atoms in total. The lowest BCUT2D eigenvalue weighted by atomic mass is 10.1. The quantitative estimate of drug-likeness (QED) is 0.742. The zero-order chi connectivity index (χ0) is 18.0. The highest BCUT2D eigenvalue weighted by atomic mass is 16.5. The summed E-state index contributed by atoms with van der Waals surface area (Å²) in [6.45, 7) is 7.56. The Balaban J connectivity index is 1.55. The Hall–Kier alpha value is -1.63. The Morgan fingerprint density at radius 1 is 1.04 bits per heavy atom. The minimum Gasteiger partial charge on any atom is -0.368 e. The van der Waals surface area contributed by atoms with Crippen LogP contribution < -0.4 is 0 Å². The van der Waals surface area contributed by atoms with Gasteiger partial charge in [0, 0.05) is 51.8 Å². The van der Waals surface area contributed by atoms with Crippen LogP contribution in [0.15, 0.2) is 0 Å². The van der Waals surface area contributed by atoms with E-state index in [1.165, 1.54) is 0 Å². The van der Waals surface area contributed by atoms with Crippen molar-refractivity contribution in [3.8, 4) is 0 Å². The van der Waals surface area contributed by atoms with Crippen molar-refractivity contribution in [2.24, 2.45) is 5.92 Å². The lowest BCUT2D eigenvalue weighted by Crippen LogP contribution is -2.43. The molecule has 0 aromatic carbocycles. The molecule has 0 aliphatic carbocycles. The highest BCUT2D eigenvalue weighted by molar-refractivity contribution is 5.89. The fraction of sp³-hybridized carbons (Fsp3) is 0.833. The fourth-order valence-corrected chi connectivity index (χ4v) is 3.99. The number of carbonyl (C=O) groups excluding carboxylic acids is 3. The number of ether oxygens (including phenoxy) is 1. The molecular weight excluding hydrogens is 322 g/mol. The SMILES string of the molecule is CC(C)N1CC(C(=O)N2CCCN(C(=O)C3CCCO3)CC2)CC1=O. The van der Waals surface area contributed by atoms with E-state index in [9.17, 15) is 14.4 Å². The van der Waals surface area contributed by atoms with E-state index in [1.807, 2.05) is 23.6 Å². The Kier molecular flexibility index (Phi) is 5.61. The summed E-state index contributed by atoms with van der Waals surface area (Å²) in [4.78, 5) is 42.8. The molecule has 0 aromatic heterocycles. The Morgan fingerprint density at radius 2 is 1.72 bits per heavy atom. The van der Waals surface area contributed by atoms with E-state index < -0.39 is 0 Å². The van der Waals surface area contributed by atoms with Crippen molar-refractivity contribution in [1.29, 1.82) is 0 Å². The third-order valence-corrected chi connectivity index (χ3v) is 5.46. The predicted octanol–water partition coefficient (Wildman–Crippen LogP) is 0.483. The first-order chi connectivity index (χ1) is 12.0. The number of likely N-dealkylation sites (tertiary alicyclic amines) is 1. The molecular formula is C18H29N3O4. The number of carbonyl (C=O) groups is 3. The van der Waals surface area contributed by atoms with Crippen LogP contribution in [0.1, 0.15) is 39.5 Å². The van der Waals surface area contributed by atoms with E-state index in [1.54, 1.807) is 4.90 Å². The molecule has 3 fully saturated rings. The number of nitrogens with zero attached hydrogens (tertiary/aromatic N) is 3. The van der Waals surface area contributed by atoms with E-state index >= 15 is 0 Å². The van der Waals surface area contributed by atoms with Crippen molar-refractivity contribution in [1.82, 2.24) is 14.7 Å². The third-order valence-electron chi connectivity index (χ3n) is 5.46. The third kappa shape index (κ3) is 3.97. The average Bonchev–Trinajstić information content (AvgIpc) is 3.18. The molecule has 0 bridgehead atoms. The van der Waals surface area contributed by atoms with Gasteiger partial charge < -0.3 is 19.4 Å². The van der Waals surface area contributed by atoms with Crippen LogP contribution in [-0.4, -0.2) is 83.9 Å². The molecule has 3 amide bonds. The molecule has 3 saturated heterocycles. The second kappa shape index (κ2) is 7.72. The summed E-state index contributed by atoms with van der Waals surface area (Å²) >= 11 is 0. The monoisotopic (exact) mass is 351 g/mol. The second-order valence-corrected chi connectivity index (χ2v) is 7.55. The van der Waals surface area contributed by atoms with Gasteiger partial charge in [0.15, 0.2) is 0 Å². The largest absolute Gasteiger partial charge is 0.368 e. The van der Waals surface area contributed by atoms with Gasteiger partial charge in [-0.2, -0.15) is 0 Å². The Bertz CT molecular complexity index is 530. The molecule has 0 saturated carbocycles. The van der Waals surface area contributed by atoms with Gasteiger partial charge in [-0.3, -0.25) is 14.4 Å². The van der Waals surface area contributed by atoms with Crippen LogP contribution in [0.5, 0.6) is 0 Å². The van der Waals surface area contributed by atoms with E-state index in [2.05, 4.69) is 0 Å². The van der Waals surface area contributed by atoms with Crippen LogP contribution in [0.3, 0.4) is 0 Å². The molecule has 0 radical (unpaired) electrons. The van der Waals surface area contributed by atoms with Gasteiger partial charge in [-0.1, -0.05) is 0 Å². The van der Waals surface area contributed by atoms with Crippen molar-refractivity contribution in [2.45, 2.75) is 51.7 Å². The van der Waals surface area contributed by atoms with Crippen molar-refractivity contribution in [2.75, 3.05) is 39.3 Å². The lowest BCUT2D eigenvalue weighted by Gasteiger charge is -2.26. The molecule has 2 atom stereocenters. The molecule has 3 aliphatic rings. The van der Waals surface area contributed by atoms with E-state index in [0.29, 0.717) is 45.8 Å². The maximum absolute atomic E-state index is 12.8. The van der Waals surface area contributed by atoms with Gasteiger partial charge in [0.25, 0.3) is 5.91 Å². The molecule has 2 unspecified atom stereocenters. The van der Waals surface area contributed by atoms with Crippen molar-refractivity contribution in [3.63, 3.8) is 0 Å². The molecule has 0 spiro atoms. The first-order valence-electron chi connectivity index (χ1n) is 9.46. The standard InChI is InChI=1S/C18H29N3O4/c1-13(2)21-12-14(11-16(21)22)17(23)19-6-4-7-20(9-8-19)18(24)15-5-3-10-25-15/h13-15H,3-12H2,1-2H3. The number of rotatable bonds is 3. The summed E-state index contributed by atoms with van der Waals surface area (Å²) in [5.41, 5.74) is 0. The zero-order valence-corrected chi connectivity index (χ0v) is 15.3. The van der Waals surface area contributed by atoms with Gasteiger partial charge in [0.05, 0.1) is 5.92 Å². The number of hydrogen-bond donors (Lipinski definition) is 0. The summed E-state index contributed by atoms with van der Waals surface area (Å²) in [6.07, 6.45) is 2.53. The van der Waals surface area contributed by atoms with E-state index in [4.69, 9.17) is 4.74 Å². The molecule has 0 N–H and O–H groups in total. The minimum atomic E-state index is -0.297. The van der Waals surface area contributed by atoms with Crippen LogP contribution in [0, 0.1) is 5.92 Å². The highest BCUT2D eigenvalue weighted by Gasteiger charge is 2.38. The highest BCUT2D eigenvalue weighted by Crippen LogP contribution is 2.23. The van der Waals surface area contributed by atoms with Crippen molar-refractivity contribution in [3.05, 3.63) is 0 Å². The van der Waals surface area contributed by atoms with E-state index in [-0.39, 0.29) is 35.8 Å². The molecule has 7 heteroatoms. The van der Waals surface area contributed by atoms with Gasteiger partial charge in [-0.25, -0.2) is 0 Å². The topological polar surface area (TPSA) is 70.2 Å². The average molecular weight is 351 g/mol. The van der Waals surface area contributed by atoms with Gasteiger partial charge in [0.2, 0.25) is 11.8 Å².